The number of aliphatic hydroxyl groups is 2. The van der Waals surface area contributed by atoms with E-state index in [2.05, 4.69) is 20.1 Å². The van der Waals surface area contributed by atoms with Crippen LogP contribution in [0.3, 0.4) is 0 Å². The van der Waals surface area contributed by atoms with E-state index in [1.165, 1.54) is 24.4 Å². The van der Waals surface area contributed by atoms with Crippen LogP contribution in [0.2, 0.25) is 0 Å². The molecule has 1 aromatic carbocycles. The number of azide groups is 1. The quantitative estimate of drug-likeness (QED) is 0.0872. The van der Waals surface area contributed by atoms with Crippen molar-refractivity contribution < 1.29 is 38.1 Å². The van der Waals surface area contributed by atoms with E-state index in [0.29, 0.717) is 0 Å². The van der Waals surface area contributed by atoms with E-state index < -0.39 is 56.2 Å². The molecule has 1 unspecified atom stereocenters. The number of nitrogens with two attached hydrogens (primary N) is 1. The zero-order valence-electron chi connectivity index (χ0n) is 22.1. The molecule has 17 heteroatoms. The Morgan fingerprint density at radius 2 is 2.05 bits per heavy atom. The number of nitrogen functional groups attached to an aromatic ring is 1. The van der Waals surface area contributed by atoms with Gasteiger partial charge in [0.05, 0.1) is 13.2 Å². The molecule has 0 spiro atoms. The lowest BCUT2D eigenvalue weighted by atomic mass is 10.1. The van der Waals surface area contributed by atoms with Crippen molar-refractivity contribution in [3.63, 3.8) is 0 Å². The van der Waals surface area contributed by atoms with Crippen molar-refractivity contribution in [1.82, 2.24) is 14.6 Å². The molecule has 2 heterocycles. The Morgan fingerprint density at radius 1 is 1.35 bits per heavy atom. The van der Waals surface area contributed by atoms with Crippen molar-refractivity contribution in [3.05, 3.63) is 63.5 Å². The van der Waals surface area contributed by atoms with Gasteiger partial charge in [0.1, 0.15) is 29.8 Å². The first-order valence-electron chi connectivity index (χ1n) is 12.3. The molecule has 0 aliphatic carbocycles. The standard InChI is InChI=1S/C23H32N7O9P/c1-4-36-21(33)16(12-14(2)3)27-40(35,39-15-8-6-5-7-9-15)37-13-23(28-29-25)19(32)18(31)20(38-23)30-11-10-17(24)26-22(30)34/h5-11,14,16,18-20,31-32H,4,12-13H2,1-3H3,(H,27,35)(H2,24,26,34)/t16-,18+,19-,20+,23+,40?/m0/s1. The van der Waals surface area contributed by atoms with Crippen LogP contribution in [0, 0.1) is 5.92 Å². The Bertz CT molecular complexity index is 1320. The first-order chi connectivity index (χ1) is 18.9. The molecule has 1 aliphatic heterocycles. The summed E-state index contributed by atoms with van der Waals surface area (Å²) in [4.78, 5) is 31.2. The minimum absolute atomic E-state index is 0.0377. The Balaban J connectivity index is 1.95. The molecule has 0 bridgehead atoms. The molecule has 218 valence electrons. The molecule has 1 saturated heterocycles. The third kappa shape index (κ3) is 7.37. The van der Waals surface area contributed by atoms with Gasteiger partial charge in [-0.15, -0.1) is 0 Å². The molecule has 1 aliphatic rings. The number of para-hydroxylation sites is 1. The highest BCUT2D eigenvalue weighted by molar-refractivity contribution is 7.52. The van der Waals surface area contributed by atoms with E-state index >= 15 is 0 Å². The second kappa shape index (κ2) is 13.2. The molecule has 6 atom stereocenters. The molecule has 40 heavy (non-hydrogen) atoms. The van der Waals surface area contributed by atoms with Crippen molar-refractivity contribution in [2.24, 2.45) is 11.0 Å². The summed E-state index contributed by atoms with van der Waals surface area (Å²) in [6, 6.07) is 8.03. The maximum atomic E-state index is 14.0. The maximum absolute atomic E-state index is 14.0. The van der Waals surface area contributed by atoms with E-state index in [0.717, 1.165) is 4.57 Å². The van der Waals surface area contributed by atoms with Crippen LogP contribution in [0.25, 0.3) is 10.4 Å². The Morgan fingerprint density at radius 3 is 2.65 bits per heavy atom. The number of hydrogen-bond donors (Lipinski definition) is 4. The Labute approximate surface area is 229 Å². The molecular formula is C23H32N7O9P. The first-order valence-corrected chi connectivity index (χ1v) is 13.9. The van der Waals surface area contributed by atoms with Crippen molar-refractivity contribution in [3.8, 4) is 5.75 Å². The molecule has 2 aromatic rings. The lowest BCUT2D eigenvalue weighted by Gasteiger charge is -2.30. The summed E-state index contributed by atoms with van der Waals surface area (Å²) in [6.45, 7) is 4.43. The van der Waals surface area contributed by atoms with Gasteiger partial charge < -0.3 is 29.9 Å². The van der Waals surface area contributed by atoms with Gasteiger partial charge in [0.25, 0.3) is 0 Å². The largest absolute Gasteiger partial charge is 0.465 e. The van der Waals surface area contributed by atoms with Crippen molar-refractivity contribution in [1.29, 1.82) is 0 Å². The van der Waals surface area contributed by atoms with E-state index in [1.54, 1.807) is 25.1 Å². The second-order valence-corrected chi connectivity index (χ2v) is 11.0. The molecule has 0 saturated carbocycles. The number of esters is 1. The van der Waals surface area contributed by atoms with Crippen molar-refractivity contribution >= 4 is 19.5 Å². The summed E-state index contributed by atoms with van der Waals surface area (Å²) in [5.41, 5.74) is 11.5. The number of ether oxygens (including phenoxy) is 2. The number of hydrogen-bond acceptors (Lipinski definition) is 12. The minimum Gasteiger partial charge on any atom is -0.465 e. The van der Waals surface area contributed by atoms with Gasteiger partial charge in [-0.1, -0.05) is 37.2 Å². The van der Waals surface area contributed by atoms with E-state index in [4.69, 9.17) is 24.3 Å². The monoisotopic (exact) mass is 581 g/mol. The number of anilines is 1. The molecule has 16 nitrogen and oxygen atoms in total. The second-order valence-electron chi connectivity index (χ2n) is 9.26. The summed E-state index contributed by atoms with van der Waals surface area (Å²) in [7, 11) is -4.51. The molecule has 0 amide bonds. The van der Waals surface area contributed by atoms with Crippen LogP contribution in [-0.4, -0.2) is 62.9 Å². The number of nitrogens with one attached hydrogen (secondary N) is 1. The maximum Gasteiger partial charge on any atom is 0.459 e. The zero-order valence-corrected chi connectivity index (χ0v) is 23.0. The van der Waals surface area contributed by atoms with Crippen molar-refractivity contribution in [2.45, 2.75) is 57.4 Å². The van der Waals surface area contributed by atoms with Crippen LogP contribution in [0.4, 0.5) is 5.82 Å². The molecule has 0 radical (unpaired) electrons. The summed E-state index contributed by atoms with van der Waals surface area (Å²) >= 11 is 0. The molecule has 3 rings (SSSR count). The number of nitrogens with zero attached hydrogens (tertiary/aromatic N) is 5. The van der Waals surface area contributed by atoms with Gasteiger partial charge in [-0.3, -0.25) is 13.9 Å². The van der Waals surface area contributed by atoms with Gasteiger partial charge in [-0.25, -0.2) is 9.36 Å². The number of aromatic nitrogens is 2. The van der Waals surface area contributed by atoms with Gasteiger partial charge >= 0.3 is 19.4 Å². The summed E-state index contributed by atoms with van der Waals surface area (Å²) in [6.07, 6.45) is -3.99. The fourth-order valence-electron chi connectivity index (χ4n) is 3.91. The topological polar surface area (TPSA) is 233 Å². The fraction of sp³-hybridized carbons (Fsp3) is 0.522. The molecule has 1 fully saturated rings. The van der Waals surface area contributed by atoms with Crippen LogP contribution < -0.4 is 21.0 Å². The average molecular weight is 582 g/mol. The fourth-order valence-corrected chi connectivity index (χ4v) is 5.44. The van der Waals surface area contributed by atoms with Crippen LogP contribution in [0.1, 0.15) is 33.4 Å². The molecule has 1 aromatic heterocycles. The van der Waals surface area contributed by atoms with Gasteiger partial charge in [-0.2, -0.15) is 10.1 Å². The normalized spacial score (nSPS) is 24.6. The number of aliphatic hydroxyl groups excluding tert-OH is 2. The predicted molar refractivity (Wildman–Crippen MR) is 141 cm³/mol. The molecule has 5 N–H and O–H groups in total. The lowest BCUT2D eigenvalue weighted by molar-refractivity contribution is -0.145. The lowest BCUT2D eigenvalue weighted by Crippen LogP contribution is -2.46. The smallest absolute Gasteiger partial charge is 0.459 e. The number of benzene rings is 1. The van der Waals surface area contributed by atoms with Gasteiger partial charge in [0.15, 0.2) is 6.23 Å². The number of carbonyl (C=O) groups is 1. The van der Waals surface area contributed by atoms with Crippen LogP contribution >= 0.6 is 7.75 Å². The molecular weight excluding hydrogens is 549 g/mol. The van der Waals surface area contributed by atoms with Crippen LogP contribution in [0.5, 0.6) is 5.75 Å². The van der Waals surface area contributed by atoms with Crippen LogP contribution in [-0.2, 0) is 23.4 Å². The van der Waals surface area contributed by atoms with E-state index in [9.17, 15) is 29.9 Å². The minimum atomic E-state index is -4.51. The Kier molecular flexibility index (Phi) is 10.3. The van der Waals surface area contributed by atoms with E-state index in [1.807, 2.05) is 13.8 Å². The summed E-state index contributed by atoms with van der Waals surface area (Å²) in [5.74, 6) is -0.733. The van der Waals surface area contributed by atoms with Crippen LogP contribution in [0.15, 0.2) is 52.5 Å². The van der Waals surface area contributed by atoms with E-state index in [-0.39, 0.29) is 30.5 Å². The number of carbonyl (C=O) groups excluding carboxylic acids is 1. The zero-order chi connectivity index (χ0) is 29.5. The van der Waals surface area contributed by atoms with Gasteiger partial charge in [0.2, 0.25) is 5.72 Å². The Hall–Kier alpha value is -3.49. The highest BCUT2D eigenvalue weighted by Gasteiger charge is 2.56. The summed E-state index contributed by atoms with van der Waals surface area (Å²) < 4.78 is 36.9. The third-order valence-corrected chi connectivity index (χ3v) is 7.29. The number of rotatable bonds is 13. The van der Waals surface area contributed by atoms with Crippen molar-refractivity contribution in [2.75, 3.05) is 18.9 Å². The third-order valence-electron chi connectivity index (χ3n) is 5.74. The highest BCUT2D eigenvalue weighted by Crippen LogP contribution is 2.48. The SMILES string of the molecule is CCOC(=O)[C@H](CC(C)C)NP(=O)(OC[C@@]1(N=[N+]=[N-])O[C@@H](n2ccc(N)nc2=O)[C@H](O)[C@@H]1O)Oc1ccccc1. The van der Waals surface area contributed by atoms with Gasteiger partial charge in [0, 0.05) is 11.1 Å². The highest BCUT2D eigenvalue weighted by atomic mass is 31.2. The predicted octanol–water partition coefficient (Wildman–Crippen LogP) is 1.85. The summed E-state index contributed by atoms with van der Waals surface area (Å²) in [5, 5.41) is 27.6. The average Bonchev–Trinajstić information content (AvgIpc) is 3.13. The first kappa shape index (κ1) is 31.0. The van der Waals surface area contributed by atoms with Gasteiger partial charge in [-0.05, 0) is 43.0 Å².